The maximum atomic E-state index is 11.8. The molecule has 1 aromatic rings. The van der Waals surface area contributed by atoms with Crippen LogP contribution in [0.4, 0.5) is 0 Å². The van der Waals surface area contributed by atoms with Gasteiger partial charge in [-0.2, -0.15) is 0 Å². The van der Waals surface area contributed by atoms with Gasteiger partial charge >= 0.3 is 5.97 Å². The number of rotatable bonds is 8. The van der Waals surface area contributed by atoms with Crippen molar-refractivity contribution in [3.63, 3.8) is 0 Å². The summed E-state index contributed by atoms with van der Waals surface area (Å²) in [5, 5.41) is 4.15. The van der Waals surface area contributed by atoms with E-state index >= 15 is 0 Å². The molecule has 1 N–H and O–H groups in total. The molecule has 0 spiro atoms. The topological polar surface area (TPSA) is 64.1 Å². The molecule has 0 fully saturated rings. The number of carbonyl (C=O) groups excluding carboxylic acids is 1. The Hall–Kier alpha value is -1.14. The summed E-state index contributed by atoms with van der Waals surface area (Å²) in [5.74, 6) is 0.625. The first-order valence-electron chi connectivity index (χ1n) is 6.45. The summed E-state index contributed by atoms with van der Waals surface area (Å²) >= 11 is 1.61. The van der Waals surface area contributed by atoms with E-state index in [1.54, 1.807) is 18.0 Å². The van der Waals surface area contributed by atoms with Gasteiger partial charge < -0.3 is 10.1 Å². The molecule has 106 valence electrons. The predicted molar refractivity (Wildman–Crippen MR) is 76.1 cm³/mol. The molecule has 0 bridgehead atoms. The van der Waals surface area contributed by atoms with Gasteiger partial charge in [-0.25, -0.2) is 9.97 Å². The lowest BCUT2D eigenvalue weighted by Crippen LogP contribution is -2.42. The van der Waals surface area contributed by atoms with Crippen LogP contribution < -0.4 is 5.32 Å². The van der Waals surface area contributed by atoms with Crippen molar-refractivity contribution in [2.24, 2.45) is 0 Å². The Morgan fingerprint density at radius 1 is 1.53 bits per heavy atom. The summed E-state index contributed by atoms with van der Waals surface area (Å²) in [4.78, 5) is 19.8. The van der Waals surface area contributed by atoms with Crippen molar-refractivity contribution in [3.8, 4) is 0 Å². The standard InChI is InChI=1S/C13H21N3O2S/c1-4-18-13(17)11(16-10(2)3)6-8-19-12-5-7-14-9-15-12/h5,7,9-11,16H,4,6,8H2,1-3H3. The number of thioether (sulfide) groups is 1. The minimum absolute atomic E-state index is 0.181. The zero-order valence-electron chi connectivity index (χ0n) is 11.6. The van der Waals surface area contributed by atoms with Gasteiger partial charge in [-0.05, 0) is 19.4 Å². The summed E-state index contributed by atoms with van der Waals surface area (Å²) in [5.41, 5.74) is 0. The number of aromatic nitrogens is 2. The Labute approximate surface area is 118 Å². The fraction of sp³-hybridized carbons (Fsp3) is 0.615. The number of hydrogen-bond acceptors (Lipinski definition) is 6. The molecular formula is C13H21N3O2S. The molecule has 0 radical (unpaired) electrons. The number of hydrogen-bond donors (Lipinski definition) is 1. The zero-order chi connectivity index (χ0) is 14.1. The predicted octanol–water partition coefficient (Wildman–Crippen LogP) is 1.89. The molecule has 6 heteroatoms. The Bertz CT molecular complexity index is 373. The van der Waals surface area contributed by atoms with Crippen molar-refractivity contribution in [3.05, 3.63) is 18.6 Å². The third-order valence-electron chi connectivity index (χ3n) is 2.32. The van der Waals surface area contributed by atoms with Crippen LogP contribution >= 0.6 is 11.8 Å². The average molecular weight is 283 g/mol. The van der Waals surface area contributed by atoms with Crippen molar-refractivity contribution < 1.29 is 9.53 Å². The summed E-state index contributed by atoms with van der Waals surface area (Å²) in [6, 6.07) is 1.85. The van der Waals surface area contributed by atoms with E-state index in [0.717, 1.165) is 10.8 Å². The lowest BCUT2D eigenvalue weighted by Gasteiger charge is -2.19. The second-order valence-corrected chi connectivity index (χ2v) is 5.43. The van der Waals surface area contributed by atoms with Gasteiger partial charge in [-0.3, -0.25) is 4.79 Å². The highest BCUT2D eigenvalue weighted by atomic mass is 32.2. The molecule has 5 nitrogen and oxygen atoms in total. The minimum Gasteiger partial charge on any atom is -0.465 e. The van der Waals surface area contributed by atoms with Gasteiger partial charge in [0, 0.05) is 18.0 Å². The molecule has 1 rings (SSSR count). The molecule has 1 unspecified atom stereocenters. The van der Waals surface area contributed by atoms with Gasteiger partial charge in [0.05, 0.1) is 11.6 Å². The Morgan fingerprint density at radius 3 is 2.89 bits per heavy atom. The number of carbonyl (C=O) groups is 1. The third-order valence-corrected chi connectivity index (χ3v) is 3.29. The van der Waals surface area contributed by atoms with E-state index < -0.39 is 0 Å². The minimum atomic E-state index is -0.255. The number of ether oxygens (including phenoxy) is 1. The van der Waals surface area contributed by atoms with E-state index in [2.05, 4.69) is 15.3 Å². The van der Waals surface area contributed by atoms with E-state index in [1.807, 2.05) is 26.8 Å². The maximum Gasteiger partial charge on any atom is 0.323 e. The van der Waals surface area contributed by atoms with Crippen LogP contribution in [-0.2, 0) is 9.53 Å². The van der Waals surface area contributed by atoms with Crippen LogP contribution in [-0.4, -0.2) is 40.4 Å². The van der Waals surface area contributed by atoms with Crippen LogP contribution in [0.5, 0.6) is 0 Å². The Morgan fingerprint density at radius 2 is 2.32 bits per heavy atom. The van der Waals surface area contributed by atoms with Gasteiger partial charge in [-0.1, -0.05) is 13.8 Å². The van der Waals surface area contributed by atoms with E-state index in [9.17, 15) is 4.79 Å². The van der Waals surface area contributed by atoms with Gasteiger partial charge in [0.15, 0.2) is 0 Å². The molecule has 1 atom stereocenters. The van der Waals surface area contributed by atoms with Gasteiger partial charge in [0.25, 0.3) is 0 Å². The summed E-state index contributed by atoms with van der Waals surface area (Å²) in [7, 11) is 0. The first kappa shape index (κ1) is 15.9. The Kier molecular flexibility index (Phi) is 7.43. The quantitative estimate of drug-likeness (QED) is 0.446. The first-order valence-corrected chi connectivity index (χ1v) is 7.43. The second-order valence-electron chi connectivity index (χ2n) is 4.31. The molecule has 0 saturated carbocycles. The highest BCUT2D eigenvalue weighted by Crippen LogP contribution is 2.15. The lowest BCUT2D eigenvalue weighted by atomic mass is 10.2. The molecule has 0 aliphatic carbocycles. The number of esters is 1. The molecule has 0 aliphatic heterocycles. The maximum absolute atomic E-state index is 11.8. The fourth-order valence-electron chi connectivity index (χ4n) is 1.56. The highest BCUT2D eigenvalue weighted by molar-refractivity contribution is 7.99. The SMILES string of the molecule is CCOC(=O)C(CCSc1ccncn1)NC(C)C. The van der Waals surface area contributed by atoms with E-state index in [0.29, 0.717) is 13.0 Å². The van der Waals surface area contributed by atoms with Crippen LogP contribution in [0.3, 0.4) is 0 Å². The molecule has 19 heavy (non-hydrogen) atoms. The average Bonchev–Trinajstić information content (AvgIpc) is 2.38. The van der Waals surface area contributed by atoms with Crippen molar-refractivity contribution in [1.29, 1.82) is 0 Å². The van der Waals surface area contributed by atoms with Crippen LogP contribution in [0.2, 0.25) is 0 Å². The second kappa shape index (κ2) is 8.87. The molecule has 1 aromatic heterocycles. The normalized spacial score (nSPS) is 12.4. The van der Waals surface area contributed by atoms with Crippen molar-refractivity contribution >= 4 is 17.7 Å². The van der Waals surface area contributed by atoms with Crippen molar-refractivity contribution in [2.75, 3.05) is 12.4 Å². The number of nitrogens with zero attached hydrogens (tertiary/aromatic N) is 2. The zero-order valence-corrected chi connectivity index (χ0v) is 12.4. The van der Waals surface area contributed by atoms with Gasteiger partial charge in [0.2, 0.25) is 0 Å². The molecule has 0 saturated heterocycles. The van der Waals surface area contributed by atoms with Crippen LogP contribution in [0.25, 0.3) is 0 Å². The molecule has 1 heterocycles. The molecule has 0 aromatic carbocycles. The van der Waals surface area contributed by atoms with Crippen LogP contribution in [0, 0.1) is 0 Å². The summed E-state index contributed by atoms with van der Waals surface area (Å²) < 4.78 is 5.07. The highest BCUT2D eigenvalue weighted by Gasteiger charge is 2.19. The monoisotopic (exact) mass is 283 g/mol. The summed E-state index contributed by atoms with van der Waals surface area (Å²) in [6.07, 6.45) is 3.95. The fourth-order valence-corrected chi connectivity index (χ4v) is 2.40. The van der Waals surface area contributed by atoms with Crippen LogP contribution in [0.1, 0.15) is 27.2 Å². The molecule has 0 amide bonds. The largest absolute Gasteiger partial charge is 0.465 e. The summed E-state index contributed by atoms with van der Waals surface area (Å²) in [6.45, 7) is 6.27. The third kappa shape index (κ3) is 6.54. The molecule has 0 aliphatic rings. The smallest absolute Gasteiger partial charge is 0.323 e. The van der Waals surface area contributed by atoms with E-state index in [4.69, 9.17) is 4.74 Å². The van der Waals surface area contributed by atoms with Crippen LogP contribution in [0.15, 0.2) is 23.6 Å². The van der Waals surface area contributed by atoms with E-state index in [1.165, 1.54) is 6.33 Å². The van der Waals surface area contributed by atoms with E-state index in [-0.39, 0.29) is 18.1 Å². The lowest BCUT2D eigenvalue weighted by molar-refractivity contribution is -0.145. The van der Waals surface area contributed by atoms with Gasteiger partial charge in [0.1, 0.15) is 12.4 Å². The van der Waals surface area contributed by atoms with Crippen molar-refractivity contribution in [1.82, 2.24) is 15.3 Å². The van der Waals surface area contributed by atoms with Crippen molar-refractivity contribution in [2.45, 2.75) is 44.3 Å². The Balaban J connectivity index is 2.42. The number of nitrogens with one attached hydrogen (secondary N) is 1. The molecular weight excluding hydrogens is 262 g/mol. The first-order chi connectivity index (χ1) is 9.13. The van der Waals surface area contributed by atoms with Gasteiger partial charge in [-0.15, -0.1) is 11.8 Å².